The highest BCUT2D eigenvalue weighted by Gasteiger charge is 2.21. The molecule has 1 heterocycles. The van der Waals surface area contributed by atoms with E-state index in [1.165, 1.54) is 25.4 Å². The Labute approximate surface area is 114 Å². The number of aliphatic carboxylic acids is 1. The Kier molecular flexibility index (Phi) is 5.45. The first-order valence-corrected chi connectivity index (χ1v) is 5.76. The van der Waals surface area contributed by atoms with Gasteiger partial charge in [-0.05, 0) is 12.5 Å². The lowest BCUT2D eigenvalue weighted by Gasteiger charge is -2.13. The molecule has 0 aromatic carbocycles. The first kappa shape index (κ1) is 15.4. The van der Waals surface area contributed by atoms with Crippen molar-refractivity contribution in [2.45, 2.75) is 18.9 Å². The zero-order chi connectivity index (χ0) is 15.1. The highest BCUT2D eigenvalue weighted by molar-refractivity contribution is 5.96. The van der Waals surface area contributed by atoms with Crippen molar-refractivity contribution in [3.63, 3.8) is 0 Å². The van der Waals surface area contributed by atoms with Gasteiger partial charge in [-0.3, -0.25) is 9.59 Å². The van der Waals surface area contributed by atoms with Crippen LogP contribution in [-0.4, -0.2) is 41.0 Å². The fraction of sp³-hybridized carbons (Fsp3) is 0.333. The zero-order valence-electron chi connectivity index (χ0n) is 10.8. The third-order valence-corrected chi connectivity index (χ3v) is 2.49. The lowest BCUT2D eigenvalue weighted by atomic mass is 10.1. The van der Waals surface area contributed by atoms with E-state index in [1.807, 2.05) is 0 Å². The standard InChI is InChI=1S/C12H15N3O5/c1-20-10-5-2-7(6-14-10)11(17)15-8(12(18)19)3-4-9(13)16/h2,5-6,8H,3-4H2,1H3,(H2,13,16)(H,15,17)(H,18,19)/t8-/m1/s1. The van der Waals surface area contributed by atoms with E-state index in [2.05, 4.69) is 10.3 Å². The number of carbonyl (C=O) groups is 3. The van der Waals surface area contributed by atoms with E-state index in [0.29, 0.717) is 5.88 Å². The van der Waals surface area contributed by atoms with Crippen LogP contribution in [0.4, 0.5) is 0 Å². The van der Waals surface area contributed by atoms with Gasteiger partial charge in [-0.1, -0.05) is 0 Å². The number of carboxylic acids is 1. The first-order valence-electron chi connectivity index (χ1n) is 5.76. The van der Waals surface area contributed by atoms with Crippen molar-refractivity contribution in [3.8, 4) is 5.88 Å². The summed E-state index contributed by atoms with van der Waals surface area (Å²) in [7, 11) is 1.44. The number of carbonyl (C=O) groups excluding carboxylic acids is 2. The molecule has 2 amide bonds. The summed E-state index contributed by atoms with van der Waals surface area (Å²) >= 11 is 0. The van der Waals surface area contributed by atoms with Gasteiger partial charge in [0.25, 0.3) is 5.91 Å². The fourth-order valence-corrected chi connectivity index (χ4v) is 1.42. The second kappa shape index (κ2) is 7.07. The first-order chi connectivity index (χ1) is 9.43. The van der Waals surface area contributed by atoms with Crippen molar-refractivity contribution in [1.82, 2.24) is 10.3 Å². The van der Waals surface area contributed by atoms with Gasteiger partial charge in [0.2, 0.25) is 11.8 Å². The molecule has 0 bridgehead atoms. The number of nitrogens with one attached hydrogen (secondary N) is 1. The molecule has 0 saturated carbocycles. The molecule has 20 heavy (non-hydrogen) atoms. The molecule has 0 saturated heterocycles. The molecule has 1 aromatic rings. The predicted molar refractivity (Wildman–Crippen MR) is 68.1 cm³/mol. The van der Waals surface area contributed by atoms with Crippen molar-refractivity contribution in [2.75, 3.05) is 7.11 Å². The zero-order valence-corrected chi connectivity index (χ0v) is 10.8. The van der Waals surface area contributed by atoms with Crippen molar-refractivity contribution in [2.24, 2.45) is 5.73 Å². The molecule has 108 valence electrons. The van der Waals surface area contributed by atoms with Crippen LogP contribution in [0.5, 0.6) is 5.88 Å². The fourth-order valence-electron chi connectivity index (χ4n) is 1.42. The SMILES string of the molecule is COc1ccc(C(=O)N[C@H](CCC(N)=O)C(=O)O)cn1. The Balaban J connectivity index is 2.69. The third-order valence-electron chi connectivity index (χ3n) is 2.49. The van der Waals surface area contributed by atoms with Gasteiger partial charge in [0.05, 0.1) is 12.7 Å². The lowest BCUT2D eigenvalue weighted by Crippen LogP contribution is -2.41. The molecule has 8 heteroatoms. The van der Waals surface area contributed by atoms with Crippen LogP contribution in [0.1, 0.15) is 23.2 Å². The maximum Gasteiger partial charge on any atom is 0.326 e. The monoisotopic (exact) mass is 281 g/mol. The number of pyridine rings is 1. The molecule has 0 aliphatic carbocycles. The number of hydrogen-bond donors (Lipinski definition) is 3. The molecule has 0 aliphatic rings. The van der Waals surface area contributed by atoms with Crippen LogP contribution >= 0.6 is 0 Å². The maximum absolute atomic E-state index is 11.8. The van der Waals surface area contributed by atoms with Gasteiger partial charge in [0, 0.05) is 18.7 Å². The topological polar surface area (TPSA) is 132 Å². The Morgan fingerprint density at radius 3 is 2.60 bits per heavy atom. The number of primary amides is 1. The van der Waals surface area contributed by atoms with E-state index in [1.54, 1.807) is 0 Å². The number of aromatic nitrogens is 1. The third kappa shape index (κ3) is 4.56. The molecule has 1 rings (SSSR count). The maximum atomic E-state index is 11.8. The summed E-state index contributed by atoms with van der Waals surface area (Å²) in [6.45, 7) is 0. The van der Waals surface area contributed by atoms with Gasteiger partial charge in [0.1, 0.15) is 6.04 Å². The Morgan fingerprint density at radius 1 is 1.45 bits per heavy atom. The molecule has 0 spiro atoms. The highest BCUT2D eigenvalue weighted by Crippen LogP contribution is 2.07. The van der Waals surface area contributed by atoms with Crippen LogP contribution in [0.3, 0.4) is 0 Å². The van der Waals surface area contributed by atoms with Gasteiger partial charge in [0.15, 0.2) is 0 Å². The van der Waals surface area contributed by atoms with Gasteiger partial charge < -0.3 is 20.9 Å². The number of carboxylic acid groups (broad SMARTS) is 1. The van der Waals surface area contributed by atoms with Crippen LogP contribution in [0.15, 0.2) is 18.3 Å². The van der Waals surface area contributed by atoms with Crippen LogP contribution in [-0.2, 0) is 9.59 Å². The molecule has 4 N–H and O–H groups in total. The van der Waals surface area contributed by atoms with E-state index in [4.69, 9.17) is 15.6 Å². The summed E-state index contributed by atoms with van der Waals surface area (Å²) in [6, 6.07) is 1.75. The molecule has 1 atom stereocenters. The number of amides is 2. The molecular weight excluding hydrogens is 266 g/mol. The van der Waals surface area contributed by atoms with E-state index in [-0.39, 0.29) is 18.4 Å². The molecule has 8 nitrogen and oxygen atoms in total. The quantitative estimate of drug-likeness (QED) is 0.619. The lowest BCUT2D eigenvalue weighted by molar-refractivity contribution is -0.139. The second-order valence-corrected chi connectivity index (χ2v) is 3.96. The van der Waals surface area contributed by atoms with Crippen LogP contribution in [0.2, 0.25) is 0 Å². The average molecular weight is 281 g/mol. The minimum Gasteiger partial charge on any atom is -0.481 e. The van der Waals surface area contributed by atoms with E-state index < -0.39 is 23.8 Å². The van der Waals surface area contributed by atoms with E-state index in [9.17, 15) is 14.4 Å². The minimum atomic E-state index is -1.24. The summed E-state index contributed by atoms with van der Waals surface area (Å²) in [6.07, 6.45) is 1.07. The van der Waals surface area contributed by atoms with Crippen molar-refractivity contribution in [1.29, 1.82) is 0 Å². The predicted octanol–water partition coefficient (Wildman–Crippen LogP) is -0.461. The van der Waals surface area contributed by atoms with Gasteiger partial charge in [-0.2, -0.15) is 0 Å². The van der Waals surface area contributed by atoms with E-state index >= 15 is 0 Å². The summed E-state index contributed by atoms with van der Waals surface area (Å²) in [5, 5.41) is 11.3. The molecule has 0 unspecified atom stereocenters. The summed E-state index contributed by atoms with van der Waals surface area (Å²) < 4.78 is 4.84. The number of ether oxygens (including phenoxy) is 1. The molecule has 1 aromatic heterocycles. The van der Waals surface area contributed by atoms with Gasteiger partial charge in [-0.15, -0.1) is 0 Å². The van der Waals surface area contributed by atoms with Crippen molar-refractivity contribution < 1.29 is 24.2 Å². The van der Waals surface area contributed by atoms with Gasteiger partial charge in [-0.25, -0.2) is 9.78 Å². The number of nitrogens with two attached hydrogens (primary N) is 1. The second-order valence-electron chi connectivity index (χ2n) is 3.96. The van der Waals surface area contributed by atoms with Crippen LogP contribution < -0.4 is 15.8 Å². The average Bonchev–Trinajstić information content (AvgIpc) is 2.42. The number of methoxy groups -OCH3 is 1. The largest absolute Gasteiger partial charge is 0.481 e. The Bertz CT molecular complexity index is 500. The van der Waals surface area contributed by atoms with Crippen LogP contribution in [0.25, 0.3) is 0 Å². The molecular formula is C12H15N3O5. The molecule has 0 fully saturated rings. The normalized spacial score (nSPS) is 11.4. The van der Waals surface area contributed by atoms with Crippen molar-refractivity contribution in [3.05, 3.63) is 23.9 Å². The van der Waals surface area contributed by atoms with Crippen molar-refractivity contribution >= 4 is 17.8 Å². The Hall–Kier alpha value is -2.64. The Morgan fingerprint density at radius 2 is 2.15 bits per heavy atom. The summed E-state index contributed by atoms with van der Waals surface area (Å²) in [5.41, 5.74) is 5.14. The summed E-state index contributed by atoms with van der Waals surface area (Å²) in [4.78, 5) is 37.3. The minimum absolute atomic E-state index is 0.0695. The number of rotatable bonds is 7. The smallest absolute Gasteiger partial charge is 0.326 e. The van der Waals surface area contributed by atoms with Gasteiger partial charge >= 0.3 is 5.97 Å². The van der Waals surface area contributed by atoms with Crippen LogP contribution in [0, 0.1) is 0 Å². The number of nitrogens with zero attached hydrogens (tertiary/aromatic N) is 1. The summed E-state index contributed by atoms with van der Waals surface area (Å²) in [5.74, 6) is -2.13. The molecule has 0 aliphatic heterocycles. The molecule has 0 radical (unpaired) electrons. The van der Waals surface area contributed by atoms with E-state index in [0.717, 1.165) is 0 Å². The highest BCUT2D eigenvalue weighted by atomic mass is 16.5. The number of hydrogen-bond acceptors (Lipinski definition) is 5.